The number of likely N-dealkylation sites (tertiary alicyclic amines) is 1. The van der Waals surface area contributed by atoms with Crippen LogP contribution in [0.5, 0.6) is 0 Å². The summed E-state index contributed by atoms with van der Waals surface area (Å²) in [5.41, 5.74) is 1.81. The Labute approximate surface area is 205 Å². The second-order valence-electron chi connectivity index (χ2n) is 10.2. The zero-order chi connectivity index (χ0) is 24.6. The number of aliphatic hydroxyl groups is 1. The summed E-state index contributed by atoms with van der Waals surface area (Å²) >= 11 is 0. The van der Waals surface area contributed by atoms with Gasteiger partial charge in [0.05, 0.1) is 17.2 Å². The summed E-state index contributed by atoms with van der Waals surface area (Å²) in [7, 11) is 1.55. The highest BCUT2D eigenvalue weighted by atomic mass is 19.1. The van der Waals surface area contributed by atoms with Gasteiger partial charge in [0, 0.05) is 44.5 Å². The molecule has 2 aromatic rings. The molecule has 186 valence electrons. The molecule has 3 heterocycles. The molecule has 3 aliphatic rings. The molecule has 35 heavy (non-hydrogen) atoms. The molecule has 2 amide bonds. The van der Waals surface area contributed by atoms with E-state index in [-0.39, 0.29) is 29.8 Å². The van der Waals surface area contributed by atoms with Crippen LogP contribution in [0.1, 0.15) is 55.4 Å². The zero-order valence-corrected chi connectivity index (χ0v) is 20.2. The van der Waals surface area contributed by atoms with E-state index in [0.717, 1.165) is 63.6 Å². The van der Waals surface area contributed by atoms with Gasteiger partial charge in [0.15, 0.2) is 0 Å². The molecule has 1 atom stereocenters. The first-order chi connectivity index (χ1) is 16.9. The van der Waals surface area contributed by atoms with Crippen LogP contribution in [0.4, 0.5) is 10.1 Å². The van der Waals surface area contributed by atoms with Crippen LogP contribution in [0.25, 0.3) is 11.1 Å². The van der Waals surface area contributed by atoms with Crippen LogP contribution in [0, 0.1) is 11.2 Å². The lowest BCUT2D eigenvalue weighted by Gasteiger charge is -2.41. The van der Waals surface area contributed by atoms with Crippen molar-refractivity contribution in [2.24, 2.45) is 5.41 Å². The summed E-state index contributed by atoms with van der Waals surface area (Å²) in [6.45, 7) is 2.02. The average molecular weight is 481 g/mol. The fourth-order valence-corrected chi connectivity index (χ4v) is 6.05. The van der Waals surface area contributed by atoms with Crippen molar-refractivity contribution in [2.75, 3.05) is 31.6 Å². The Morgan fingerprint density at radius 2 is 1.89 bits per heavy atom. The minimum absolute atomic E-state index is 0.211. The molecule has 1 aromatic heterocycles. The molecule has 8 heteroatoms. The van der Waals surface area contributed by atoms with Crippen molar-refractivity contribution in [3.8, 4) is 11.1 Å². The van der Waals surface area contributed by atoms with Crippen LogP contribution >= 0.6 is 0 Å². The Balaban J connectivity index is 1.31. The topological polar surface area (TPSA) is 85.8 Å². The van der Waals surface area contributed by atoms with Gasteiger partial charge in [0.2, 0.25) is 5.91 Å². The maximum Gasteiger partial charge on any atom is 0.269 e. The number of nitrogens with zero attached hydrogens (tertiary/aromatic N) is 3. The summed E-state index contributed by atoms with van der Waals surface area (Å²) in [5.74, 6) is -0.375. The summed E-state index contributed by atoms with van der Waals surface area (Å²) in [4.78, 5) is 33.5. The average Bonchev–Trinajstić information content (AvgIpc) is 3.19. The Morgan fingerprint density at radius 1 is 1.11 bits per heavy atom. The predicted octanol–water partition coefficient (Wildman–Crippen LogP) is 3.37. The van der Waals surface area contributed by atoms with E-state index < -0.39 is 5.41 Å². The Bertz CT molecular complexity index is 1100. The number of nitrogens with one attached hydrogen (secondary N) is 1. The number of carbonyl (C=O) groups excluding carboxylic acids is 2. The molecule has 5 rings (SSSR count). The molecule has 2 aliphatic heterocycles. The third kappa shape index (κ3) is 4.51. The fourth-order valence-electron chi connectivity index (χ4n) is 6.05. The molecular weight excluding hydrogens is 447 g/mol. The van der Waals surface area contributed by atoms with E-state index in [1.807, 2.05) is 15.9 Å². The number of piperidine rings is 1. The lowest BCUT2D eigenvalue weighted by Crippen LogP contribution is -2.50. The van der Waals surface area contributed by atoms with E-state index >= 15 is 4.39 Å². The quantitative estimate of drug-likeness (QED) is 0.701. The summed E-state index contributed by atoms with van der Waals surface area (Å²) in [5, 5.41) is 12.4. The number of aliphatic hydroxyl groups excluding tert-OH is 1. The Kier molecular flexibility index (Phi) is 6.49. The van der Waals surface area contributed by atoms with Crippen molar-refractivity contribution in [1.82, 2.24) is 15.2 Å². The lowest BCUT2D eigenvalue weighted by molar-refractivity contribution is -0.139. The smallest absolute Gasteiger partial charge is 0.269 e. The predicted molar refractivity (Wildman–Crippen MR) is 131 cm³/mol. The third-order valence-electron chi connectivity index (χ3n) is 8.07. The number of anilines is 1. The molecule has 2 N–H and O–H groups in total. The summed E-state index contributed by atoms with van der Waals surface area (Å²) in [6.07, 6.45) is 7.09. The number of hydrogen-bond acceptors (Lipinski definition) is 5. The molecule has 7 nitrogen and oxygen atoms in total. The van der Waals surface area contributed by atoms with Crippen LogP contribution in [-0.2, 0) is 4.79 Å². The number of carbonyl (C=O) groups is 2. The van der Waals surface area contributed by atoms with Crippen LogP contribution < -0.4 is 10.2 Å². The number of benzene rings is 1. The van der Waals surface area contributed by atoms with Crippen molar-refractivity contribution in [3.63, 3.8) is 0 Å². The second kappa shape index (κ2) is 9.57. The van der Waals surface area contributed by atoms with Gasteiger partial charge in [-0.25, -0.2) is 4.39 Å². The van der Waals surface area contributed by atoms with Gasteiger partial charge in [-0.1, -0.05) is 12.1 Å². The summed E-state index contributed by atoms with van der Waals surface area (Å²) < 4.78 is 15.3. The molecular formula is C27H33FN4O3. The first-order valence-electron chi connectivity index (χ1n) is 12.6. The van der Waals surface area contributed by atoms with Gasteiger partial charge in [-0.2, -0.15) is 0 Å². The third-order valence-corrected chi connectivity index (χ3v) is 8.07. The van der Waals surface area contributed by atoms with Gasteiger partial charge >= 0.3 is 0 Å². The number of hydrogen-bond donors (Lipinski definition) is 2. The van der Waals surface area contributed by atoms with Gasteiger partial charge in [-0.3, -0.25) is 14.6 Å². The molecule has 1 saturated carbocycles. The van der Waals surface area contributed by atoms with Gasteiger partial charge in [-0.15, -0.1) is 0 Å². The van der Waals surface area contributed by atoms with E-state index in [1.54, 1.807) is 31.4 Å². The van der Waals surface area contributed by atoms with Crippen LogP contribution in [0.3, 0.4) is 0 Å². The maximum atomic E-state index is 15.3. The van der Waals surface area contributed by atoms with Gasteiger partial charge < -0.3 is 20.2 Å². The maximum absolute atomic E-state index is 15.3. The normalized spacial score (nSPS) is 26.9. The van der Waals surface area contributed by atoms with E-state index in [4.69, 9.17) is 0 Å². The number of halogens is 1. The Hall–Kier alpha value is -3.00. The van der Waals surface area contributed by atoms with Gasteiger partial charge in [0.25, 0.3) is 5.91 Å². The second-order valence-corrected chi connectivity index (χ2v) is 10.2. The standard InChI is InChI=1S/C27H33FN4O3/c1-29-25(34)23-9-3-19(16-30-23)18-4-10-24(22(28)15-18)31-13-2-11-27(17-31)12-14-32(26(27)35)20-5-7-21(33)8-6-20/h3-4,9-10,15-16,20-21,33H,2,5-8,11-14,17H2,1H3,(H,29,34)/t20-,21+,27-/m0/s1. The SMILES string of the molecule is CNC(=O)c1ccc(-c2ccc(N3CCC[C@]4(CCN([C@H]5CC[C@@H](O)CC5)C4=O)C3)c(F)c2)cn1. The highest BCUT2D eigenvalue weighted by Crippen LogP contribution is 2.44. The van der Waals surface area contributed by atoms with Gasteiger partial charge in [-0.05, 0) is 68.7 Å². The summed E-state index contributed by atoms with van der Waals surface area (Å²) in [6, 6.07) is 8.77. The van der Waals surface area contributed by atoms with Gasteiger partial charge in [0.1, 0.15) is 11.5 Å². The van der Waals surface area contributed by atoms with Crippen molar-refractivity contribution < 1.29 is 19.1 Å². The van der Waals surface area contributed by atoms with Crippen LogP contribution in [0.15, 0.2) is 36.5 Å². The first-order valence-corrected chi connectivity index (χ1v) is 12.6. The molecule has 1 spiro atoms. The number of rotatable bonds is 4. The molecule has 2 saturated heterocycles. The molecule has 3 fully saturated rings. The fraction of sp³-hybridized carbons (Fsp3) is 0.519. The van der Waals surface area contributed by atoms with E-state index in [0.29, 0.717) is 23.5 Å². The number of amides is 2. The van der Waals surface area contributed by atoms with Crippen LogP contribution in [-0.4, -0.2) is 65.6 Å². The molecule has 0 radical (unpaired) electrons. The van der Waals surface area contributed by atoms with E-state index in [9.17, 15) is 14.7 Å². The minimum atomic E-state index is -0.445. The van der Waals surface area contributed by atoms with Crippen LogP contribution in [0.2, 0.25) is 0 Å². The van der Waals surface area contributed by atoms with Crippen molar-refractivity contribution >= 4 is 17.5 Å². The van der Waals surface area contributed by atoms with E-state index in [1.165, 1.54) is 6.07 Å². The highest BCUT2D eigenvalue weighted by Gasteiger charge is 2.50. The molecule has 1 aromatic carbocycles. The van der Waals surface area contributed by atoms with Crippen molar-refractivity contribution in [3.05, 3.63) is 48.0 Å². The number of pyridine rings is 1. The number of aromatic nitrogens is 1. The molecule has 0 unspecified atom stereocenters. The first kappa shape index (κ1) is 23.7. The molecule has 1 aliphatic carbocycles. The molecule has 0 bridgehead atoms. The van der Waals surface area contributed by atoms with Crippen molar-refractivity contribution in [2.45, 2.75) is 57.1 Å². The highest BCUT2D eigenvalue weighted by molar-refractivity contribution is 5.92. The largest absolute Gasteiger partial charge is 0.393 e. The van der Waals surface area contributed by atoms with E-state index in [2.05, 4.69) is 10.3 Å². The monoisotopic (exact) mass is 480 g/mol. The van der Waals surface area contributed by atoms with Crippen molar-refractivity contribution in [1.29, 1.82) is 0 Å². The minimum Gasteiger partial charge on any atom is -0.393 e. The Morgan fingerprint density at radius 3 is 2.57 bits per heavy atom. The zero-order valence-electron chi connectivity index (χ0n) is 20.2. The lowest BCUT2D eigenvalue weighted by atomic mass is 9.78.